The molecule has 0 unspecified atom stereocenters. The minimum Gasteiger partial charge on any atom is -0.497 e. The Morgan fingerprint density at radius 3 is 2.40 bits per heavy atom. The number of carbonyl (C=O) groups excluding carboxylic acids is 1. The van der Waals surface area contributed by atoms with Crippen LogP contribution in [0.1, 0.15) is 33.4 Å². The molecule has 1 saturated heterocycles. The number of piperazine rings is 1. The molecule has 1 amide bonds. The van der Waals surface area contributed by atoms with Crippen molar-refractivity contribution >= 4 is 5.91 Å². The molecular weight excluding hydrogens is 380 g/mol. The van der Waals surface area contributed by atoms with Crippen molar-refractivity contribution < 1.29 is 9.53 Å². The Hall–Kier alpha value is -3.13. The van der Waals surface area contributed by atoms with Crippen molar-refractivity contribution in [3.8, 4) is 11.4 Å². The molecule has 8 heteroatoms. The summed E-state index contributed by atoms with van der Waals surface area (Å²) in [5, 5.41) is 7.09. The zero-order chi connectivity index (χ0) is 21.3. The van der Waals surface area contributed by atoms with E-state index in [4.69, 9.17) is 4.74 Å². The van der Waals surface area contributed by atoms with E-state index in [-0.39, 0.29) is 5.91 Å². The van der Waals surface area contributed by atoms with E-state index in [1.54, 1.807) is 7.11 Å². The van der Waals surface area contributed by atoms with E-state index < -0.39 is 0 Å². The van der Waals surface area contributed by atoms with E-state index in [1.807, 2.05) is 56.0 Å². The second kappa shape index (κ2) is 8.31. The van der Waals surface area contributed by atoms with Crippen LogP contribution in [-0.4, -0.2) is 68.7 Å². The Labute approximate surface area is 176 Å². The standard InChI is InChI=1S/C22H28N6O2/c1-15-13-20(16(2)28(15)18-5-7-19(30-4)8-6-18)22(29)27-11-9-26(10-12-27)14-21-23-17(3)24-25-21/h5-8,13H,9-12,14H2,1-4H3,(H,23,24,25). The predicted molar refractivity (Wildman–Crippen MR) is 114 cm³/mol. The molecule has 30 heavy (non-hydrogen) atoms. The molecule has 1 N–H and O–H groups in total. The maximum absolute atomic E-state index is 13.2. The first kappa shape index (κ1) is 20.2. The van der Waals surface area contributed by atoms with Crippen LogP contribution in [0.15, 0.2) is 30.3 Å². The highest BCUT2D eigenvalue weighted by Gasteiger charge is 2.26. The zero-order valence-electron chi connectivity index (χ0n) is 18.0. The van der Waals surface area contributed by atoms with Crippen LogP contribution >= 0.6 is 0 Å². The summed E-state index contributed by atoms with van der Waals surface area (Å²) in [4.78, 5) is 21.8. The molecule has 3 heterocycles. The Balaban J connectivity index is 1.45. The number of hydrogen-bond acceptors (Lipinski definition) is 5. The molecule has 0 bridgehead atoms. The number of rotatable bonds is 5. The number of aryl methyl sites for hydroxylation is 2. The number of aromatic nitrogens is 4. The van der Waals surface area contributed by atoms with Gasteiger partial charge in [0.2, 0.25) is 0 Å². The Morgan fingerprint density at radius 2 is 1.80 bits per heavy atom. The zero-order valence-corrected chi connectivity index (χ0v) is 18.0. The molecule has 158 valence electrons. The maximum atomic E-state index is 13.2. The lowest BCUT2D eigenvalue weighted by atomic mass is 10.2. The van der Waals surface area contributed by atoms with E-state index in [0.717, 1.165) is 53.1 Å². The lowest BCUT2D eigenvalue weighted by Gasteiger charge is -2.34. The summed E-state index contributed by atoms with van der Waals surface area (Å²) in [5.74, 6) is 2.54. The first-order chi connectivity index (χ1) is 14.5. The van der Waals surface area contributed by atoms with E-state index >= 15 is 0 Å². The molecule has 2 aromatic heterocycles. The predicted octanol–water partition coefficient (Wildman–Crippen LogP) is 2.49. The third-order valence-corrected chi connectivity index (χ3v) is 5.66. The lowest BCUT2D eigenvalue weighted by Crippen LogP contribution is -2.48. The summed E-state index contributed by atoms with van der Waals surface area (Å²) in [6, 6.07) is 9.88. The lowest BCUT2D eigenvalue weighted by molar-refractivity contribution is 0.0625. The Bertz CT molecular complexity index is 1030. The second-order valence-corrected chi connectivity index (χ2v) is 7.72. The van der Waals surface area contributed by atoms with Gasteiger partial charge in [0, 0.05) is 43.3 Å². The number of benzene rings is 1. The van der Waals surface area contributed by atoms with Gasteiger partial charge in [-0.2, -0.15) is 5.10 Å². The number of carbonyl (C=O) groups is 1. The van der Waals surface area contributed by atoms with Gasteiger partial charge in [0.25, 0.3) is 5.91 Å². The van der Waals surface area contributed by atoms with Gasteiger partial charge in [0.1, 0.15) is 11.6 Å². The summed E-state index contributed by atoms with van der Waals surface area (Å²) in [6.45, 7) is 9.68. The van der Waals surface area contributed by atoms with Gasteiger partial charge in [-0.3, -0.25) is 14.8 Å². The molecule has 8 nitrogen and oxygen atoms in total. The smallest absolute Gasteiger partial charge is 0.255 e. The molecule has 1 aliphatic rings. The van der Waals surface area contributed by atoms with Gasteiger partial charge in [0.05, 0.1) is 19.2 Å². The minimum absolute atomic E-state index is 0.0938. The van der Waals surface area contributed by atoms with E-state index in [1.165, 1.54) is 0 Å². The van der Waals surface area contributed by atoms with Gasteiger partial charge < -0.3 is 14.2 Å². The van der Waals surface area contributed by atoms with Crippen LogP contribution in [0.25, 0.3) is 5.69 Å². The van der Waals surface area contributed by atoms with Crippen LogP contribution in [0.2, 0.25) is 0 Å². The fraction of sp³-hybridized carbons (Fsp3) is 0.409. The molecule has 0 atom stereocenters. The average Bonchev–Trinajstić information content (AvgIpc) is 3.30. The number of amides is 1. The normalized spacial score (nSPS) is 14.9. The summed E-state index contributed by atoms with van der Waals surface area (Å²) in [5.41, 5.74) is 3.79. The van der Waals surface area contributed by atoms with Crippen molar-refractivity contribution in [2.24, 2.45) is 0 Å². The van der Waals surface area contributed by atoms with Crippen molar-refractivity contribution in [2.75, 3.05) is 33.3 Å². The first-order valence-electron chi connectivity index (χ1n) is 10.2. The fourth-order valence-electron chi connectivity index (χ4n) is 4.05. The molecule has 1 aromatic carbocycles. The average molecular weight is 409 g/mol. The third-order valence-electron chi connectivity index (χ3n) is 5.66. The molecule has 0 spiro atoms. The number of nitrogens with zero attached hydrogens (tertiary/aromatic N) is 5. The summed E-state index contributed by atoms with van der Waals surface area (Å²) in [6.07, 6.45) is 0. The van der Waals surface area contributed by atoms with Crippen molar-refractivity contribution in [1.29, 1.82) is 0 Å². The highest BCUT2D eigenvalue weighted by molar-refractivity contribution is 5.96. The van der Waals surface area contributed by atoms with Crippen molar-refractivity contribution in [1.82, 2.24) is 29.5 Å². The Kier molecular flexibility index (Phi) is 5.59. The van der Waals surface area contributed by atoms with Gasteiger partial charge in [-0.1, -0.05) is 0 Å². The molecule has 3 aromatic rings. The number of aromatic amines is 1. The number of nitrogens with one attached hydrogen (secondary N) is 1. The molecule has 1 fully saturated rings. The van der Waals surface area contributed by atoms with Crippen molar-refractivity contribution in [3.05, 3.63) is 58.9 Å². The molecule has 0 aliphatic carbocycles. The van der Waals surface area contributed by atoms with Gasteiger partial charge >= 0.3 is 0 Å². The maximum Gasteiger partial charge on any atom is 0.255 e. The van der Waals surface area contributed by atoms with Crippen LogP contribution in [0, 0.1) is 20.8 Å². The van der Waals surface area contributed by atoms with Gasteiger partial charge in [-0.15, -0.1) is 0 Å². The molecule has 0 radical (unpaired) electrons. The van der Waals surface area contributed by atoms with Gasteiger partial charge in [0.15, 0.2) is 5.82 Å². The number of ether oxygens (including phenoxy) is 1. The highest BCUT2D eigenvalue weighted by Crippen LogP contribution is 2.24. The summed E-state index contributed by atoms with van der Waals surface area (Å²) in [7, 11) is 1.66. The van der Waals surface area contributed by atoms with Crippen LogP contribution in [0.5, 0.6) is 5.75 Å². The monoisotopic (exact) mass is 408 g/mol. The molecule has 4 rings (SSSR count). The second-order valence-electron chi connectivity index (χ2n) is 7.72. The van der Waals surface area contributed by atoms with Gasteiger partial charge in [-0.05, 0) is 51.1 Å². The summed E-state index contributed by atoms with van der Waals surface area (Å²) >= 11 is 0. The summed E-state index contributed by atoms with van der Waals surface area (Å²) < 4.78 is 7.37. The fourth-order valence-corrected chi connectivity index (χ4v) is 4.05. The van der Waals surface area contributed by atoms with Crippen LogP contribution < -0.4 is 4.74 Å². The van der Waals surface area contributed by atoms with Crippen molar-refractivity contribution in [2.45, 2.75) is 27.3 Å². The molecule has 0 saturated carbocycles. The van der Waals surface area contributed by atoms with Gasteiger partial charge in [-0.25, -0.2) is 4.98 Å². The SMILES string of the molecule is COc1ccc(-n2c(C)cc(C(=O)N3CCN(Cc4n[nH]c(C)n4)CC3)c2C)cc1. The van der Waals surface area contributed by atoms with E-state index in [0.29, 0.717) is 19.6 Å². The van der Waals surface area contributed by atoms with Crippen LogP contribution in [0.3, 0.4) is 0 Å². The minimum atomic E-state index is 0.0938. The highest BCUT2D eigenvalue weighted by atomic mass is 16.5. The number of H-pyrrole nitrogens is 1. The largest absolute Gasteiger partial charge is 0.497 e. The topological polar surface area (TPSA) is 79.3 Å². The van der Waals surface area contributed by atoms with Crippen LogP contribution in [0.4, 0.5) is 0 Å². The van der Waals surface area contributed by atoms with Crippen LogP contribution in [-0.2, 0) is 6.54 Å². The van der Waals surface area contributed by atoms with E-state index in [2.05, 4.69) is 24.6 Å². The van der Waals surface area contributed by atoms with Crippen molar-refractivity contribution in [3.63, 3.8) is 0 Å². The number of methoxy groups -OCH3 is 1. The van der Waals surface area contributed by atoms with E-state index in [9.17, 15) is 4.79 Å². The number of hydrogen-bond donors (Lipinski definition) is 1. The Morgan fingerprint density at radius 1 is 1.10 bits per heavy atom. The quantitative estimate of drug-likeness (QED) is 0.702. The first-order valence-corrected chi connectivity index (χ1v) is 10.2. The third kappa shape index (κ3) is 3.95. The molecular formula is C22H28N6O2. The molecule has 1 aliphatic heterocycles.